The molecule has 1 atom stereocenters. The monoisotopic (exact) mass is 380 g/mol. The van der Waals surface area contributed by atoms with Gasteiger partial charge in [0, 0.05) is 11.8 Å². The number of ether oxygens (including phenoxy) is 1. The second-order valence-corrected chi connectivity index (χ2v) is 5.96. The molecule has 0 saturated carbocycles. The van der Waals surface area contributed by atoms with Crippen molar-refractivity contribution in [2.75, 3.05) is 25.0 Å². The minimum atomic E-state index is -4.42. The Morgan fingerprint density at radius 2 is 1.74 bits per heavy atom. The van der Waals surface area contributed by atoms with Crippen molar-refractivity contribution in [3.05, 3.63) is 60.2 Å². The quantitative estimate of drug-likeness (QED) is 0.725. The highest BCUT2D eigenvalue weighted by molar-refractivity contribution is 5.95. The smallest absolute Gasteiger partial charge is 0.422 e. The summed E-state index contributed by atoms with van der Waals surface area (Å²) in [5.41, 5.74) is 1.23. The Bertz CT molecular complexity index is 732. The summed E-state index contributed by atoms with van der Waals surface area (Å²) in [6.45, 7) is 3.92. The van der Waals surface area contributed by atoms with Crippen LogP contribution in [0.2, 0.25) is 0 Å². The Morgan fingerprint density at radius 1 is 1.07 bits per heavy atom. The Kier molecular flexibility index (Phi) is 7.24. The molecule has 0 heterocycles. The second-order valence-electron chi connectivity index (χ2n) is 5.96. The van der Waals surface area contributed by atoms with E-state index < -0.39 is 18.8 Å². The van der Waals surface area contributed by atoms with Gasteiger partial charge in [-0.2, -0.15) is 13.2 Å². The Labute approximate surface area is 156 Å². The molecule has 7 heteroatoms. The van der Waals surface area contributed by atoms with Crippen LogP contribution in [-0.2, 0) is 4.79 Å². The number of alkyl halides is 3. The topological polar surface area (TPSA) is 41.6 Å². The maximum Gasteiger partial charge on any atom is 0.422 e. The molecule has 146 valence electrons. The Hall–Kier alpha value is -2.54. The van der Waals surface area contributed by atoms with Crippen molar-refractivity contribution in [1.82, 2.24) is 4.90 Å². The standard InChI is InChI=1S/C20H23F3N2O2/c1-3-25(4-2)18(15-9-6-5-7-10-15)19(26)24-16-11-8-12-17(13-16)27-14-20(21,22)23/h5-13,18H,3-4,14H2,1-2H3,(H,24,26). The summed E-state index contributed by atoms with van der Waals surface area (Å²) < 4.78 is 41.7. The lowest BCUT2D eigenvalue weighted by Crippen LogP contribution is -2.37. The van der Waals surface area contributed by atoms with Gasteiger partial charge in [0.2, 0.25) is 5.91 Å². The largest absolute Gasteiger partial charge is 0.484 e. The average molecular weight is 380 g/mol. The van der Waals surface area contributed by atoms with E-state index in [1.165, 1.54) is 18.2 Å². The summed E-state index contributed by atoms with van der Waals surface area (Å²) in [7, 11) is 0. The summed E-state index contributed by atoms with van der Waals surface area (Å²) in [6, 6.07) is 14.8. The van der Waals surface area contributed by atoms with Crippen molar-refractivity contribution in [2.24, 2.45) is 0 Å². The summed E-state index contributed by atoms with van der Waals surface area (Å²) in [5.74, 6) is -0.206. The predicted octanol–water partition coefficient (Wildman–Crippen LogP) is 4.65. The fourth-order valence-electron chi connectivity index (χ4n) is 2.79. The number of anilines is 1. The molecule has 1 unspecified atom stereocenters. The number of rotatable bonds is 8. The normalized spacial score (nSPS) is 12.7. The van der Waals surface area contributed by atoms with Gasteiger partial charge in [0.15, 0.2) is 6.61 Å². The molecule has 2 aromatic carbocycles. The molecule has 0 radical (unpaired) electrons. The number of likely N-dealkylation sites (N-methyl/N-ethyl adjacent to an activating group) is 1. The maximum absolute atomic E-state index is 12.9. The van der Waals surface area contributed by atoms with E-state index in [1.807, 2.05) is 49.1 Å². The number of hydrogen-bond acceptors (Lipinski definition) is 3. The lowest BCUT2D eigenvalue weighted by molar-refractivity contribution is -0.153. The van der Waals surface area contributed by atoms with E-state index in [2.05, 4.69) is 5.32 Å². The van der Waals surface area contributed by atoms with Gasteiger partial charge in [-0.15, -0.1) is 0 Å². The van der Waals surface area contributed by atoms with Crippen molar-refractivity contribution in [2.45, 2.75) is 26.1 Å². The van der Waals surface area contributed by atoms with Crippen LogP contribution in [0.15, 0.2) is 54.6 Å². The third kappa shape index (κ3) is 6.29. The first-order valence-electron chi connectivity index (χ1n) is 8.73. The van der Waals surface area contributed by atoms with Crippen LogP contribution < -0.4 is 10.1 Å². The van der Waals surface area contributed by atoms with Gasteiger partial charge in [-0.25, -0.2) is 0 Å². The fraction of sp³-hybridized carbons (Fsp3) is 0.350. The van der Waals surface area contributed by atoms with Crippen LogP contribution in [0, 0.1) is 0 Å². The highest BCUT2D eigenvalue weighted by Crippen LogP contribution is 2.25. The van der Waals surface area contributed by atoms with Crippen molar-refractivity contribution in [3.8, 4) is 5.75 Å². The Balaban J connectivity index is 2.17. The van der Waals surface area contributed by atoms with Crippen LogP contribution in [0.1, 0.15) is 25.5 Å². The molecule has 0 aliphatic heterocycles. The minimum Gasteiger partial charge on any atom is -0.484 e. The van der Waals surface area contributed by atoms with Crippen LogP contribution in [0.5, 0.6) is 5.75 Å². The number of carbonyl (C=O) groups excluding carboxylic acids is 1. The molecule has 0 aliphatic rings. The van der Waals surface area contributed by atoms with Gasteiger partial charge in [0.25, 0.3) is 0 Å². The number of nitrogens with zero attached hydrogens (tertiary/aromatic N) is 1. The van der Waals surface area contributed by atoms with Crippen LogP contribution in [-0.4, -0.2) is 36.7 Å². The van der Waals surface area contributed by atoms with Gasteiger partial charge in [-0.05, 0) is 30.8 Å². The van der Waals surface area contributed by atoms with E-state index in [0.29, 0.717) is 18.8 Å². The van der Waals surface area contributed by atoms with Crippen LogP contribution in [0.4, 0.5) is 18.9 Å². The summed E-state index contributed by atoms with van der Waals surface area (Å²) >= 11 is 0. The molecule has 2 aromatic rings. The van der Waals surface area contributed by atoms with Crippen LogP contribution in [0.3, 0.4) is 0 Å². The zero-order valence-electron chi connectivity index (χ0n) is 15.3. The van der Waals surface area contributed by atoms with Gasteiger partial charge in [-0.3, -0.25) is 9.69 Å². The molecule has 1 amide bonds. The number of benzene rings is 2. The lowest BCUT2D eigenvalue weighted by Gasteiger charge is -2.29. The zero-order chi connectivity index (χ0) is 19.9. The second kappa shape index (κ2) is 9.41. The highest BCUT2D eigenvalue weighted by atomic mass is 19.4. The summed E-state index contributed by atoms with van der Waals surface area (Å²) in [4.78, 5) is 14.9. The number of amides is 1. The number of hydrogen-bond donors (Lipinski definition) is 1. The van der Waals surface area contributed by atoms with E-state index in [4.69, 9.17) is 4.74 Å². The van der Waals surface area contributed by atoms with Crippen molar-refractivity contribution in [1.29, 1.82) is 0 Å². The first kappa shape index (κ1) is 20.8. The zero-order valence-corrected chi connectivity index (χ0v) is 15.3. The predicted molar refractivity (Wildman–Crippen MR) is 98.7 cm³/mol. The number of nitrogens with one attached hydrogen (secondary N) is 1. The first-order chi connectivity index (χ1) is 12.8. The van der Waals surface area contributed by atoms with E-state index in [1.54, 1.807) is 6.07 Å². The van der Waals surface area contributed by atoms with E-state index in [9.17, 15) is 18.0 Å². The van der Waals surface area contributed by atoms with E-state index >= 15 is 0 Å². The van der Waals surface area contributed by atoms with Gasteiger partial charge >= 0.3 is 6.18 Å². The molecule has 0 fully saturated rings. The number of halogens is 3. The summed E-state index contributed by atoms with van der Waals surface area (Å²) in [6.07, 6.45) is -4.42. The first-order valence-corrected chi connectivity index (χ1v) is 8.73. The minimum absolute atomic E-state index is 0.0456. The van der Waals surface area contributed by atoms with Gasteiger partial charge in [-0.1, -0.05) is 50.2 Å². The van der Waals surface area contributed by atoms with Crippen LogP contribution in [0.25, 0.3) is 0 Å². The number of carbonyl (C=O) groups is 1. The van der Waals surface area contributed by atoms with Crippen molar-refractivity contribution in [3.63, 3.8) is 0 Å². The van der Waals surface area contributed by atoms with E-state index in [0.717, 1.165) is 5.56 Å². The molecular weight excluding hydrogens is 357 g/mol. The van der Waals surface area contributed by atoms with Gasteiger partial charge in [0.1, 0.15) is 11.8 Å². The summed E-state index contributed by atoms with van der Waals surface area (Å²) in [5, 5.41) is 2.79. The molecule has 0 spiro atoms. The van der Waals surface area contributed by atoms with Crippen molar-refractivity contribution >= 4 is 11.6 Å². The molecule has 0 aromatic heterocycles. The molecule has 0 saturated heterocycles. The van der Waals surface area contributed by atoms with Crippen LogP contribution >= 0.6 is 0 Å². The molecule has 0 aliphatic carbocycles. The average Bonchev–Trinajstić information content (AvgIpc) is 2.64. The van der Waals surface area contributed by atoms with Gasteiger partial charge in [0.05, 0.1) is 0 Å². The molecule has 27 heavy (non-hydrogen) atoms. The highest BCUT2D eigenvalue weighted by Gasteiger charge is 2.29. The molecule has 0 bridgehead atoms. The molecule has 4 nitrogen and oxygen atoms in total. The third-order valence-corrected chi connectivity index (χ3v) is 4.05. The Morgan fingerprint density at radius 3 is 2.33 bits per heavy atom. The van der Waals surface area contributed by atoms with Crippen molar-refractivity contribution < 1.29 is 22.7 Å². The SMILES string of the molecule is CCN(CC)C(C(=O)Nc1cccc(OCC(F)(F)F)c1)c1ccccc1. The molecule has 2 rings (SSSR count). The third-order valence-electron chi connectivity index (χ3n) is 4.05. The maximum atomic E-state index is 12.9. The fourth-order valence-corrected chi connectivity index (χ4v) is 2.79. The molecule has 1 N–H and O–H groups in total. The molecular formula is C20H23F3N2O2. The lowest BCUT2D eigenvalue weighted by atomic mass is 10.0. The van der Waals surface area contributed by atoms with E-state index in [-0.39, 0.29) is 11.7 Å². The van der Waals surface area contributed by atoms with Gasteiger partial charge < -0.3 is 10.1 Å².